The molecule has 13 heavy (non-hydrogen) atoms. The highest BCUT2D eigenvalue weighted by Crippen LogP contribution is 2.19. The lowest BCUT2D eigenvalue weighted by Crippen LogP contribution is -2.05. The van der Waals surface area contributed by atoms with Crippen LogP contribution >= 0.6 is 34.2 Å². The summed E-state index contributed by atoms with van der Waals surface area (Å²) in [5, 5.41) is 0.436. The third-order valence-electron chi connectivity index (χ3n) is 1.43. The Morgan fingerprint density at radius 2 is 2.31 bits per heavy atom. The summed E-state index contributed by atoms with van der Waals surface area (Å²) in [5.41, 5.74) is 0.420. The summed E-state index contributed by atoms with van der Waals surface area (Å²) < 4.78 is 5.82. The molecule has 0 saturated heterocycles. The van der Waals surface area contributed by atoms with E-state index in [-0.39, 0.29) is 5.97 Å². The first-order valence-corrected chi connectivity index (χ1v) is 5.23. The molecule has 0 aromatic heterocycles. The monoisotopic (exact) mass is 310 g/mol. The number of carbonyl (C=O) groups is 1. The maximum atomic E-state index is 11.3. The molecule has 0 bridgehead atoms. The molecule has 0 unspecified atom stereocenters. The average Bonchev–Trinajstić information content (AvgIpc) is 2.04. The van der Waals surface area contributed by atoms with Crippen molar-refractivity contribution in [3.8, 4) is 0 Å². The van der Waals surface area contributed by atoms with Crippen LogP contribution < -0.4 is 0 Å². The fraction of sp³-hybridized carbons (Fsp3) is 0.222. The van der Waals surface area contributed by atoms with Crippen molar-refractivity contribution < 1.29 is 9.53 Å². The van der Waals surface area contributed by atoms with Crippen molar-refractivity contribution in [1.29, 1.82) is 0 Å². The fourth-order valence-electron chi connectivity index (χ4n) is 0.864. The molecule has 0 aliphatic rings. The summed E-state index contributed by atoms with van der Waals surface area (Å²) in [6.45, 7) is 2.12. The number of benzene rings is 1. The molecule has 0 saturated carbocycles. The normalized spacial score (nSPS) is 9.77. The van der Waals surface area contributed by atoms with Gasteiger partial charge in [0.2, 0.25) is 0 Å². The van der Waals surface area contributed by atoms with E-state index in [2.05, 4.69) is 22.6 Å². The second-order valence-electron chi connectivity index (χ2n) is 2.34. The number of halogens is 2. The van der Waals surface area contributed by atoms with Gasteiger partial charge in [-0.15, -0.1) is 0 Å². The maximum Gasteiger partial charge on any atom is 0.339 e. The highest BCUT2D eigenvalue weighted by molar-refractivity contribution is 14.1. The summed E-state index contributed by atoms with van der Waals surface area (Å²) in [4.78, 5) is 11.3. The Hall–Kier alpha value is -0.290. The first kappa shape index (κ1) is 10.8. The summed E-state index contributed by atoms with van der Waals surface area (Å²) in [6.07, 6.45) is 0. The van der Waals surface area contributed by atoms with Crippen LogP contribution in [-0.4, -0.2) is 12.6 Å². The molecule has 70 valence electrons. The van der Waals surface area contributed by atoms with Gasteiger partial charge in [0.25, 0.3) is 0 Å². The molecule has 0 N–H and O–H groups in total. The molecule has 1 aromatic carbocycles. The van der Waals surface area contributed by atoms with Gasteiger partial charge in [-0.05, 0) is 47.7 Å². The zero-order chi connectivity index (χ0) is 9.84. The molecule has 0 fully saturated rings. The van der Waals surface area contributed by atoms with E-state index in [1.807, 2.05) is 6.07 Å². The molecular formula is C9H8ClIO2. The maximum absolute atomic E-state index is 11.3. The molecule has 0 aliphatic heterocycles. The minimum atomic E-state index is -0.371. The highest BCUT2D eigenvalue weighted by Gasteiger charge is 2.10. The summed E-state index contributed by atoms with van der Waals surface area (Å²) in [7, 11) is 0. The average molecular weight is 311 g/mol. The Bertz CT molecular complexity index is 325. The first-order chi connectivity index (χ1) is 6.15. The van der Waals surface area contributed by atoms with Gasteiger partial charge in [0.15, 0.2) is 0 Å². The number of hydrogen-bond acceptors (Lipinski definition) is 2. The van der Waals surface area contributed by atoms with Crippen LogP contribution in [0.15, 0.2) is 18.2 Å². The van der Waals surface area contributed by atoms with Crippen LogP contribution in [0.5, 0.6) is 0 Å². The second-order valence-corrected chi connectivity index (χ2v) is 4.00. The van der Waals surface area contributed by atoms with Crippen molar-refractivity contribution in [1.82, 2.24) is 0 Å². The SMILES string of the molecule is CCOC(=O)c1ccc(I)cc1Cl. The molecule has 0 amide bonds. The Kier molecular flexibility index (Phi) is 3.99. The van der Waals surface area contributed by atoms with Crippen LogP contribution in [-0.2, 0) is 4.74 Å². The quantitative estimate of drug-likeness (QED) is 0.620. The molecule has 1 aromatic rings. The zero-order valence-electron chi connectivity index (χ0n) is 7.01. The smallest absolute Gasteiger partial charge is 0.339 e. The van der Waals surface area contributed by atoms with Crippen molar-refractivity contribution >= 4 is 40.2 Å². The lowest BCUT2D eigenvalue weighted by atomic mass is 10.2. The van der Waals surface area contributed by atoms with E-state index in [0.717, 1.165) is 3.57 Å². The molecule has 2 nitrogen and oxygen atoms in total. The van der Waals surface area contributed by atoms with Crippen molar-refractivity contribution in [2.45, 2.75) is 6.92 Å². The van der Waals surface area contributed by atoms with Crippen LogP contribution in [0.25, 0.3) is 0 Å². The van der Waals surface area contributed by atoms with Crippen molar-refractivity contribution in [3.63, 3.8) is 0 Å². The van der Waals surface area contributed by atoms with Crippen LogP contribution in [0.2, 0.25) is 5.02 Å². The molecule has 0 aliphatic carbocycles. The van der Waals surface area contributed by atoms with E-state index in [1.165, 1.54) is 0 Å². The molecule has 4 heteroatoms. The zero-order valence-corrected chi connectivity index (χ0v) is 9.93. The number of hydrogen-bond donors (Lipinski definition) is 0. The largest absolute Gasteiger partial charge is 0.462 e. The second kappa shape index (κ2) is 4.81. The Morgan fingerprint density at radius 1 is 1.62 bits per heavy atom. The van der Waals surface area contributed by atoms with Gasteiger partial charge >= 0.3 is 5.97 Å². The van der Waals surface area contributed by atoms with E-state index in [1.54, 1.807) is 19.1 Å². The van der Waals surface area contributed by atoms with Gasteiger partial charge in [0.1, 0.15) is 0 Å². The number of esters is 1. The molecule has 1 rings (SSSR count). The topological polar surface area (TPSA) is 26.3 Å². The Morgan fingerprint density at radius 3 is 2.85 bits per heavy atom. The standard InChI is InChI=1S/C9H8ClIO2/c1-2-13-9(12)7-4-3-6(11)5-8(7)10/h3-5H,2H2,1H3. The predicted molar refractivity (Wildman–Crippen MR) is 60.1 cm³/mol. The Labute approximate surface area is 95.4 Å². The molecule has 0 atom stereocenters. The van der Waals surface area contributed by atoms with E-state index in [9.17, 15) is 4.79 Å². The molecule has 0 heterocycles. The van der Waals surface area contributed by atoms with Gasteiger partial charge in [0, 0.05) is 3.57 Å². The summed E-state index contributed by atoms with van der Waals surface area (Å²) >= 11 is 7.98. The van der Waals surface area contributed by atoms with Gasteiger partial charge < -0.3 is 4.74 Å². The minimum Gasteiger partial charge on any atom is -0.462 e. The lowest BCUT2D eigenvalue weighted by Gasteiger charge is -2.03. The lowest BCUT2D eigenvalue weighted by molar-refractivity contribution is 0.0526. The van der Waals surface area contributed by atoms with Crippen LogP contribution in [0, 0.1) is 3.57 Å². The third-order valence-corrected chi connectivity index (χ3v) is 2.41. The van der Waals surface area contributed by atoms with Crippen molar-refractivity contribution in [2.75, 3.05) is 6.61 Å². The van der Waals surface area contributed by atoms with Gasteiger partial charge in [-0.2, -0.15) is 0 Å². The van der Waals surface area contributed by atoms with E-state index in [4.69, 9.17) is 16.3 Å². The van der Waals surface area contributed by atoms with Gasteiger partial charge in [0.05, 0.1) is 17.2 Å². The number of carbonyl (C=O) groups excluding carboxylic acids is 1. The van der Waals surface area contributed by atoms with Crippen molar-refractivity contribution in [3.05, 3.63) is 32.4 Å². The van der Waals surface area contributed by atoms with E-state index < -0.39 is 0 Å². The third kappa shape index (κ3) is 2.84. The summed E-state index contributed by atoms with van der Waals surface area (Å²) in [5.74, 6) is -0.371. The van der Waals surface area contributed by atoms with Crippen molar-refractivity contribution in [2.24, 2.45) is 0 Å². The first-order valence-electron chi connectivity index (χ1n) is 3.77. The van der Waals surface area contributed by atoms with Crippen LogP contribution in [0.3, 0.4) is 0 Å². The number of ether oxygens (including phenoxy) is 1. The van der Waals surface area contributed by atoms with Crippen LogP contribution in [0.1, 0.15) is 17.3 Å². The molecular weight excluding hydrogens is 302 g/mol. The molecule has 0 spiro atoms. The number of rotatable bonds is 2. The predicted octanol–water partition coefficient (Wildman–Crippen LogP) is 3.12. The Balaban J connectivity index is 2.95. The summed E-state index contributed by atoms with van der Waals surface area (Å²) in [6, 6.07) is 5.22. The minimum absolute atomic E-state index is 0.362. The van der Waals surface area contributed by atoms with E-state index in [0.29, 0.717) is 17.2 Å². The molecule has 0 radical (unpaired) electrons. The highest BCUT2D eigenvalue weighted by atomic mass is 127. The van der Waals surface area contributed by atoms with Gasteiger partial charge in [-0.25, -0.2) is 4.79 Å². The fourth-order valence-corrected chi connectivity index (χ4v) is 1.80. The van der Waals surface area contributed by atoms with Gasteiger partial charge in [-0.3, -0.25) is 0 Å². The van der Waals surface area contributed by atoms with Crippen LogP contribution in [0.4, 0.5) is 0 Å². The van der Waals surface area contributed by atoms with Gasteiger partial charge in [-0.1, -0.05) is 11.6 Å². The van der Waals surface area contributed by atoms with E-state index >= 15 is 0 Å².